The fraction of sp³-hybridized carbons (Fsp3) is 0.190. The highest BCUT2D eigenvalue weighted by molar-refractivity contribution is 9.10. The van der Waals surface area contributed by atoms with E-state index in [1.54, 1.807) is 0 Å². The Morgan fingerprint density at radius 1 is 1.08 bits per heavy atom. The number of fused-ring (bicyclic) bond motifs is 3. The zero-order chi connectivity index (χ0) is 17.4. The van der Waals surface area contributed by atoms with Crippen molar-refractivity contribution in [1.82, 2.24) is 0 Å². The first-order valence-corrected chi connectivity index (χ1v) is 9.15. The lowest BCUT2D eigenvalue weighted by Gasteiger charge is -2.15. The molecule has 0 saturated carbocycles. The summed E-state index contributed by atoms with van der Waals surface area (Å²) in [5.41, 5.74) is 4.71. The molecule has 4 rings (SSSR count). The number of carbonyl (C=O) groups excluding carboxylic acids is 1. The average Bonchev–Trinajstić information content (AvgIpc) is 3.02. The molecule has 3 nitrogen and oxygen atoms in total. The standard InChI is InChI=1S/C21H17BrO3/c1-2-24-21(23)18-17-12-9-13-5-3-4-6-16(13)20(17)25-19(18)14-7-10-15(22)11-8-14/h3-8,10-11H,2,9,12H2,1H3. The molecule has 3 aromatic rings. The Hall–Kier alpha value is -2.33. The van der Waals surface area contributed by atoms with Crippen molar-refractivity contribution < 1.29 is 13.9 Å². The molecule has 2 aromatic carbocycles. The fourth-order valence-corrected chi connectivity index (χ4v) is 3.63. The Labute approximate surface area is 154 Å². The summed E-state index contributed by atoms with van der Waals surface area (Å²) >= 11 is 3.45. The Kier molecular flexibility index (Phi) is 4.22. The Morgan fingerprint density at radius 2 is 1.84 bits per heavy atom. The highest BCUT2D eigenvalue weighted by Crippen LogP contribution is 2.42. The summed E-state index contributed by atoms with van der Waals surface area (Å²) in [6, 6.07) is 16.0. The van der Waals surface area contributed by atoms with Gasteiger partial charge in [-0.05, 0) is 37.5 Å². The number of rotatable bonds is 3. The Bertz CT molecular complexity index is 938. The maximum atomic E-state index is 12.7. The number of furan rings is 1. The van der Waals surface area contributed by atoms with Crippen LogP contribution in [0.25, 0.3) is 22.6 Å². The second-order valence-electron chi connectivity index (χ2n) is 6.00. The molecule has 0 saturated heterocycles. The molecule has 25 heavy (non-hydrogen) atoms. The number of hydrogen-bond donors (Lipinski definition) is 0. The molecular formula is C21H17BrO3. The third-order valence-corrected chi connectivity index (χ3v) is 5.03. The van der Waals surface area contributed by atoms with Gasteiger partial charge in [-0.2, -0.15) is 0 Å². The normalized spacial score (nSPS) is 12.4. The monoisotopic (exact) mass is 396 g/mol. The molecule has 1 aliphatic rings. The number of aryl methyl sites for hydroxylation is 1. The molecule has 0 aliphatic heterocycles. The third-order valence-electron chi connectivity index (χ3n) is 4.50. The molecule has 1 aromatic heterocycles. The van der Waals surface area contributed by atoms with Gasteiger partial charge in [-0.1, -0.05) is 52.3 Å². The summed E-state index contributed by atoms with van der Waals surface area (Å²) in [5.74, 6) is 1.07. The molecule has 0 radical (unpaired) electrons. The van der Waals surface area contributed by atoms with Gasteiger partial charge >= 0.3 is 5.97 Å². The molecule has 0 fully saturated rings. The summed E-state index contributed by atoms with van der Waals surface area (Å²) in [4.78, 5) is 12.7. The lowest BCUT2D eigenvalue weighted by molar-refractivity contribution is 0.0525. The molecule has 126 valence electrons. The van der Waals surface area contributed by atoms with Gasteiger partial charge in [0.25, 0.3) is 0 Å². The summed E-state index contributed by atoms with van der Waals surface area (Å²) in [7, 11) is 0. The molecule has 1 heterocycles. The van der Waals surface area contributed by atoms with E-state index in [1.807, 2.05) is 43.3 Å². The second-order valence-corrected chi connectivity index (χ2v) is 6.91. The summed E-state index contributed by atoms with van der Waals surface area (Å²) < 4.78 is 12.5. The van der Waals surface area contributed by atoms with Crippen LogP contribution in [0.3, 0.4) is 0 Å². The minimum Gasteiger partial charge on any atom is -0.462 e. The van der Waals surface area contributed by atoms with E-state index in [4.69, 9.17) is 9.15 Å². The van der Waals surface area contributed by atoms with E-state index >= 15 is 0 Å². The first kappa shape index (κ1) is 16.2. The Balaban J connectivity index is 1.94. The average molecular weight is 397 g/mol. The van der Waals surface area contributed by atoms with Crippen LogP contribution in [0.4, 0.5) is 0 Å². The maximum absolute atomic E-state index is 12.7. The van der Waals surface area contributed by atoms with E-state index in [1.165, 1.54) is 5.56 Å². The van der Waals surface area contributed by atoms with Crippen LogP contribution in [0.1, 0.15) is 28.4 Å². The van der Waals surface area contributed by atoms with Crippen LogP contribution in [0.5, 0.6) is 0 Å². The second kappa shape index (κ2) is 6.52. The molecule has 0 amide bonds. The predicted molar refractivity (Wildman–Crippen MR) is 101 cm³/mol. The number of benzene rings is 2. The summed E-state index contributed by atoms with van der Waals surface area (Å²) in [6.07, 6.45) is 1.68. The molecule has 0 atom stereocenters. The van der Waals surface area contributed by atoms with Gasteiger partial charge < -0.3 is 9.15 Å². The molecule has 0 spiro atoms. The van der Waals surface area contributed by atoms with E-state index in [0.717, 1.165) is 39.8 Å². The smallest absolute Gasteiger partial charge is 0.342 e. The largest absolute Gasteiger partial charge is 0.462 e. The molecule has 0 bridgehead atoms. The van der Waals surface area contributed by atoms with Gasteiger partial charge in [-0.25, -0.2) is 4.79 Å². The van der Waals surface area contributed by atoms with Crippen LogP contribution in [0, 0.1) is 0 Å². The van der Waals surface area contributed by atoms with Gasteiger partial charge in [0.1, 0.15) is 17.1 Å². The predicted octanol–water partition coefficient (Wildman–Crippen LogP) is 5.65. The van der Waals surface area contributed by atoms with Crippen molar-refractivity contribution in [3.05, 3.63) is 69.7 Å². The molecule has 0 N–H and O–H groups in total. The van der Waals surface area contributed by atoms with Crippen LogP contribution < -0.4 is 0 Å². The van der Waals surface area contributed by atoms with E-state index in [-0.39, 0.29) is 5.97 Å². The molecule has 0 unspecified atom stereocenters. The molecule has 4 heteroatoms. The number of ether oxygens (including phenoxy) is 1. The van der Waals surface area contributed by atoms with Gasteiger partial charge in [0, 0.05) is 21.2 Å². The van der Waals surface area contributed by atoms with E-state index < -0.39 is 0 Å². The summed E-state index contributed by atoms with van der Waals surface area (Å²) in [5, 5.41) is 0. The van der Waals surface area contributed by atoms with Crippen LogP contribution in [-0.4, -0.2) is 12.6 Å². The number of esters is 1. The van der Waals surface area contributed by atoms with Gasteiger partial charge in [0.15, 0.2) is 0 Å². The highest BCUT2D eigenvalue weighted by Gasteiger charge is 2.31. The van der Waals surface area contributed by atoms with Crippen LogP contribution in [-0.2, 0) is 17.6 Å². The van der Waals surface area contributed by atoms with E-state index in [0.29, 0.717) is 17.9 Å². The van der Waals surface area contributed by atoms with Crippen LogP contribution in [0.15, 0.2) is 57.4 Å². The van der Waals surface area contributed by atoms with Crippen molar-refractivity contribution in [2.24, 2.45) is 0 Å². The van der Waals surface area contributed by atoms with Crippen LogP contribution >= 0.6 is 15.9 Å². The number of carbonyl (C=O) groups is 1. The van der Waals surface area contributed by atoms with Gasteiger partial charge in [-0.3, -0.25) is 0 Å². The topological polar surface area (TPSA) is 39.4 Å². The Morgan fingerprint density at radius 3 is 2.60 bits per heavy atom. The fourth-order valence-electron chi connectivity index (χ4n) is 3.36. The van der Waals surface area contributed by atoms with Crippen LogP contribution in [0.2, 0.25) is 0 Å². The van der Waals surface area contributed by atoms with Crippen molar-refractivity contribution in [3.63, 3.8) is 0 Å². The van der Waals surface area contributed by atoms with Gasteiger partial charge in [0.2, 0.25) is 0 Å². The molecular weight excluding hydrogens is 380 g/mol. The van der Waals surface area contributed by atoms with Crippen molar-refractivity contribution >= 4 is 21.9 Å². The lowest BCUT2D eigenvalue weighted by atomic mass is 9.88. The first-order valence-electron chi connectivity index (χ1n) is 8.36. The highest BCUT2D eigenvalue weighted by atomic mass is 79.9. The van der Waals surface area contributed by atoms with Crippen molar-refractivity contribution in [2.75, 3.05) is 6.61 Å². The van der Waals surface area contributed by atoms with Crippen molar-refractivity contribution in [2.45, 2.75) is 19.8 Å². The zero-order valence-corrected chi connectivity index (χ0v) is 15.4. The zero-order valence-electron chi connectivity index (χ0n) is 13.8. The molecule has 1 aliphatic carbocycles. The SMILES string of the molecule is CCOC(=O)c1c(-c2ccc(Br)cc2)oc2c1CCc1ccccc1-2. The number of halogens is 1. The van der Waals surface area contributed by atoms with E-state index in [9.17, 15) is 4.79 Å². The summed E-state index contributed by atoms with van der Waals surface area (Å²) in [6.45, 7) is 2.16. The number of hydrogen-bond acceptors (Lipinski definition) is 3. The minimum absolute atomic E-state index is 0.315. The van der Waals surface area contributed by atoms with Gasteiger partial charge in [0.05, 0.1) is 6.61 Å². The maximum Gasteiger partial charge on any atom is 0.342 e. The van der Waals surface area contributed by atoms with Crippen molar-refractivity contribution in [1.29, 1.82) is 0 Å². The van der Waals surface area contributed by atoms with Gasteiger partial charge in [-0.15, -0.1) is 0 Å². The quantitative estimate of drug-likeness (QED) is 0.536. The first-order chi connectivity index (χ1) is 12.2. The van der Waals surface area contributed by atoms with E-state index in [2.05, 4.69) is 28.1 Å². The van der Waals surface area contributed by atoms with Crippen molar-refractivity contribution in [3.8, 4) is 22.6 Å². The minimum atomic E-state index is -0.315. The third kappa shape index (κ3) is 2.81. The lowest BCUT2D eigenvalue weighted by Crippen LogP contribution is -2.10.